The van der Waals surface area contributed by atoms with E-state index in [1.165, 1.54) is 17.7 Å². The van der Waals surface area contributed by atoms with E-state index in [1.54, 1.807) is 0 Å². The third kappa shape index (κ3) is 1.16. The lowest BCUT2D eigenvalue weighted by Crippen LogP contribution is -1.90. The molecule has 2 rings (SSSR count). The number of rotatable bonds is 1. The molecule has 0 bridgehead atoms. The van der Waals surface area contributed by atoms with E-state index in [2.05, 4.69) is 43.1 Å². The molecule has 1 unspecified atom stereocenters. The molecule has 1 heterocycles. The van der Waals surface area contributed by atoms with Crippen molar-refractivity contribution in [3.05, 3.63) is 35.4 Å². The Kier molecular flexibility index (Phi) is 1.46. The summed E-state index contributed by atoms with van der Waals surface area (Å²) in [6, 6.07) is 9.33. The molecule has 1 heteroatoms. The fraction of sp³-hybridized carbons (Fsp3) is 0.400. The summed E-state index contributed by atoms with van der Waals surface area (Å²) in [5.74, 6) is 0. The van der Waals surface area contributed by atoms with Crippen LogP contribution < -0.4 is 0 Å². The van der Waals surface area contributed by atoms with Gasteiger partial charge in [0.25, 0.3) is 0 Å². The molecule has 0 aliphatic carbocycles. The van der Waals surface area contributed by atoms with Crippen LogP contribution in [0.4, 0.5) is 0 Å². The van der Waals surface area contributed by atoms with Crippen molar-refractivity contribution in [1.29, 1.82) is 0 Å². The van der Waals surface area contributed by atoms with E-state index < -0.39 is 0 Å². The summed E-state index contributed by atoms with van der Waals surface area (Å²) >= 11 is 0. The lowest BCUT2D eigenvalue weighted by molar-refractivity contribution is 0.630. The summed E-state index contributed by atoms with van der Waals surface area (Å²) in [6.45, 7) is 3.41. The summed E-state index contributed by atoms with van der Waals surface area (Å²) in [7, 11) is 2.16. The second-order valence-electron chi connectivity index (χ2n) is 3.31. The van der Waals surface area contributed by atoms with Gasteiger partial charge in [0, 0.05) is 12.6 Å². The number of benzene rings is 1. The van der Waals surface area contributed by atoms with Crippen LogP contribution in [0, 0.1) is 6.92 Å². The average Bonchev–Trinajstić information content (AvgIpc) is 2.68. The van der Waals surface area contributed by atoms with Crippen molar-refractivity contribution >= 4 is 0 Å². The molecule has 0 saturated carbocycles. The molecular weight excluding hydrogens is 134 g/mol. The first-order chi connectivity index (χ1) is 5.29. The predicted octanol–water partition coefficient (Wildman–Crippen LogP) is 1.98. The normalized spacial score (nSPS) is 28.5. The van der Waals surface area contributed by atoms with Crippen molar-refractivity contribution in [3.63, 3.8) is 0 Å². The molecule has 2 atom stereocenters. The Morgan fingerprint density at radius 1 is 1.36 bits per heavy atom. The summed E-state index contributed by atoms with van der Waals surface area (Å²) in [5.41, 5.74) is 2.91. The predicted molar refractivity (Wildman–Crippen MR) is 46.6 cm³/mol. The maximum absolute atomic E-state index is 2.35. The average molecular weight is 147 g/mol. The van der Waals surface area contributed by atoms with E-state index in [4.69, 9.17) is 0 Å². The van der Waals surface area contributed by atoms with Gasteiger partial charge in [0.05, 0.1) is 0 Å². The van der Waals surface area contributed by atoms with Gasteiger partial charge in [-0.1, -0.05) is 24.3 Å². The van der Waals surface area contributed by atoms with Gasteiger partial charge >= 0.3 is 0 Å². The lowest BCUT2D eigenvalue weighted by Gasteiger charge is -2.01. The zero-order chi connectivity index (χ0) is 7.84. The summed E-state index contributed by atoms with van der Waals surface area (Å²) in [4.78, 5) is 2.35. The second kappa shape index (κ2) is 2.35. The van der Waals surface area contributed by atoms with Crippen LogP contribution in [0.3, 0.4) is 0 Å². The topological polar surface area (TPSA) is 3.01 Å². The molecule has 0 spiro atoms. The fourth-order valence-electron chi connectivity index (χ4n) is 1.52. The van der Waals surface area contributed by atoms with Gasteiger partial charge in [-0.2, -0.15) is 0 Å². The van der Waals surface area contributed by atoms with Crippen LogP contribution in [0.15, 0.2) is 24.3 Å². The lowest BCUT2D eigenvalue weighted by atomic mass is 10.1. The highest BCUT2D eigenvalue weighted by Gasteiger charge is 2.31. The zero-order valence-corrected chi connectivity index (χ0v) is 7.04. The van der Waals surface area contributed by atoms with Crippen LogP contribution in [-0.4, -0.2) is 18.5 Å². The van der Waals surface area contributed by atoms with Gasteiger partial charge in [0.2, 0.25) is 0 Å². The zero-order valence-electron chi connectivity index (χ0n) is 7.04. The minimum Gasteiger partial charge on any atom is -0.296 e. The molecule has 1 fully saturated rings. The van der Waals surface area contributed by atoms with E-state index in [1.807, 2.05) is 0 Å². The minimum absolute atomic E-state index is 0.705. The molecule has 0 N–H and O–H groups in total. The van der Waals surface area contributed by atoms with Crippen LogP contribution in [0.5, 0.6) is 0 Å². The Morgan fingerprint density at radius 2 is 2.00 bits per heavy atom. The Labute approximate surface area is 67.6 Å². The molecule has 11 heavy (non-hydrogen) atoms. The molecule has 1 saturated heterocycles. The van der Waals surface area contributed by atoms with Crippen molar-refractivity contribution in [2.24, 2.45) is 0 Å². The highest BCUT2D eigenvalue weighted by Crippen LogP contribution is 2.33. The number of nitrogens with zero attached hydrogens (tertiary/aromatic N) is 1. The second-order valence-corrected chi connectivity index (χ2v) is 3.31. The molecule has 0 radical (unpaired) electrons. The summed E-state index contributed by atoms with van der Waals surface area (Å²) in [6.07, 6.45) is 0. The van der Waals surface area contributed by atoms with Crippen LogP contribution >= 0.6 is 0 Å². The first kappa shape index (κ1) is 6.86. The maximum atomic E-state index is 2.35. The highest BCUT2D eigenvalue weighted by atomic mass is 15.3. The standard InChI is InChI=1S/C10H13N/c1-8-5-3-4-6-9(8)10-7-11(10)2/h3-6,10H,7H2,1-2H3/t10-,11?/m1/s1. The van der Waals surface area contributed by atoms with Crippen molar-refractivity contribution < 1.29 is 0 Å². The first-order valence-corrected chi connectivity index (χ1v) is 4.05. The summed E-state index contributed by atoms with van der Waals surface area (Å²) in [5, 5.41) is 0. The van der Waals surface area contributed by atoms with E-state index >= 15 is 0 Å². The highest BCUT2D eigenvalue weighted by molar-refractivity contribution is 5.31. The quantitative estimate of drug-likeness (QED) is 0.549. The Balaban J connectivity index is 2.31. The van der Waals surface area contributed by atoms with Gasteiger partial charge in [-0.05, 0) is 25.1 Å². The number of hydrogen-bond acceptors (Lipinski definition) is 1. The van der Waals surface area contributed by atoms with Gasteiger partial charge in [-0.3, -0.25) is 4.90 Å². The van der Waals surface area contributed by atoms with Crippen molar-refractivity contribution in [2.75, 3.05) is 13.6 Å². The monoisotopic (exact) mass is 147 g/mol. The van der Waals surface area contributed by atoms with Crippen LogP contribution in [-0.2, 0) is 0 Å². The van der Waals surface area contributed by atoms with Crippen LogP contribution in [0.2, 0.25) is 0 Å². The van der Waals surface area contributed by atoms with E-state index in [0.29, 0.717) is 6.04 Å². The Hall–Kier alpha value is -0.820. The number of likely N-dealkylation sites (N-methyl/N-ethyl adjacent to an activating group) is 1. The van der Waals surface area contributed by atoms with Gasteiger partial charge in [-0.15, -0.1) is 0 Å². The van der Waals surface area contributed by atoms with E-state index in [-0.39, 0.29) is 0 Å². The molecule has 0 aromatic heterocycles. The van der Waals surface area contributed by atoms with E-state index in [9.17, 15) is 0 Å². The molecule has 1 aliphatic heterocycles. The molecule has 58 valence electrons. The Morgan fingerprint density at radius 3 is 2.55 bits per heavy atom. The maximum Gasteiger partial charge on any atom is 0.0475 e. The SMILES string of the molecule is Cc1ccccc1[C@H]1CN1C. The number of hydrogen-bond donors (Lipinski definition) is 0. The molecule has 1 aliphatic rings. The summed E-state index contributed by atoms with van der Waals surface area (Å²) < 4.78 is 0. The minimum atomic E-state index is 0.705. The van der Waals surface area contributed by atoms with Crippen molar-refractivity contribution in [2.45, 2.75) is 13.0 Å². The van der Waals surface area contributed by atoms with Gasteiger partial charge < -0.3 is 0 Å². The van der Waals surface area contributed by atoms with Crippen molar-refractivity contribution in [1.82, 2.24) is 4.90 Å². The fourth-order valence-corrected chi connectivity index (χ4v) is 1.52. The largest absolute Gasteiger partial charge is 0.296 e. The van der Waals surface area contributed by atoms with Gasteiger partial charge in [0.1, 0.15) is 0 Å². The van der Waals surface area contributed by atoms with Crippen LogP contribution in [0.1, 0.15) is 17.2 Å². The third-order valence-corrected chi connectivity index (χ3v) is 2.41. The molecular formula is C10H13N. The van der Waals surface area contributed by atoms with Crippen molar-refractivity contribution in [3.8, 4) is 0 Å². The number of aryl methyl sites for hydroxylation is 1. The molecule has 1 aromatic rings. The smallest absolute Gasteiger partial charge is 0.0475 e. The molecule has 1 nitrogen and oxygen atoms in total. The van der Waals surface area contributed by atoms with Crippen LogP contribution in [0.25, 0.3) is 0 Å². The third-order valence-electron chi connectivity index (χ3n) is 2.41. The van der Waals surface area contributed by atoms with Gasteiger partial charge in [-0.25, -0.2) is 0 Å². The molecule has 1 aromatic carbocycles. The van der Waals surface area contributed by atoms with Gasteiger partial charge in [0.15, 0.2) is 0 Å². The Bertz CT molecular complexity index is 267. The van der Waals surface area contributed by atoms with E-state index in [0.717, 1.165) is 0 Å². The molecule has 0 amide bonds. The first-order valence-electron chi connectivity index (χ1n) is 4.05.